The van der Waals surface area contributed by atoms with E-state index in [0.717, 1.165) is 29.8 Å². The molecular formula is C18H20F3NO4S. The van der Waals surface area contributed by atoms with Crippen molar-refractivity contribution in [2.75, 3.05) is 19.4 Å². The van der Waals surface area contributed by atoms with Crippen molar-refractivity contribution in [2.45, 2.75) is 18.7 Å². The number of aryl methyl sites for hydroxylation is 1. The Morgan fingerprint density at radius 3 is 2.19 bits per heavy atom. The predicted octanol–water partition coefficient (Wildman–Crippen LogP) is 2.91. The van der Waals surface area contributed by atoms with Crippen LogP contribution in [0, 0.1) is 0 Å². The highest BCUT2D eigenvalue weighted by atomic mass is 32.2. The number of hydrogen-bond donors (Lipinski definition) is 2. The summed E-state index contributed by atoms with van der Waals surface area (Å²) < 4.78 is 69.0. The lowest BCUT2D eigenvalue weighted by atomic mass is 10.1. The number of nitrogens with one attached hydrogen (secondary N) is 1. The zero-order chi connectivity index (χ0) is 20.1. The molecule has 0 bridgehead atoms. The molecule has 0 spiro atoms. The summed E-state index contributed by atoms with van der Waals surface area (Å²) in [5, 5.41) is 10.00. The normalized spacial score (nSPS) is 13.4. The zero-order valence-electron chi connectivity index (χ0n) is 14.5. The van der Waals surface area contributed by atoms with Gasteiger partial charge in [-0.15, -0.1) is 0 Å². The molecule has 148 valence electrons. The molecule has 0 aliphatic carbocycles. The number of benzene rings is 2. The van der Waals surface area contributed by atoms with E-state index in [1.165, 1.54) is 7.11 Å². The van der Waals surface area contributed by atoms with Crippen LogP contribution in [0.25, 0.3) is 0 Å². The third-order valence-corrected chi connectivity index (χ3v) is 5.29. The molecule has 0 aliphatic rings. The summed E-state index contributed by atoms with van der Waals surface area (Å²) in [5.74, 6) is 0.485. The van der Waals surface area contributed by atoms with Crippen molar-refractivity contribution < 1.29 is 31.4 Å². The van der Waals surface area contributed by atoms with Crippen molar-refractivity contribution in [1.82, 2.24) is 4.72 Å². The van der Waals surface area contributed by atoms with Gasteiger partial charge in [-0.05, 0) is 41.8 Å². The topological polar surface area (TPSA) is 75.6 Å². The maximum absolute atomic E-state index is 12.5. The molecule has 2 aromatic carbocycles. The van der Waals surface area contributed by atoms with Gasteiger partial charge in [0.15, 0.2) is 0 Å². The molecule has 9 heteroatoms. The van der Waals surface area contributed by atoms with Gasteiger partial charge in [0.1, 0.15) is 5.75 Å². The maximum atomic E-state index is 12.5. The first-order chi connectivity index (χ1) is 12.6. The van der Waals surface area contributed by atoms with Crippen molar-refractivity contribution in [3.63, 3.8) is 0 Å². The molecule has 0 saturated carbocycles. The molecule has 1 atom stereocenters. The lowest BCUT2D eigenvalue weighted by Gasteiger charge is -2.14. The van der Waals surface area contributed by atoms with E-state index in [9.17, 15) is 26.7 Å². The monoisotopic (exact) mass is 403 g/mol. The first-order valence-electron chi connectivity index (χ1n) is 8.06. The Morgan fingerprint density at radius 1 is 1.07 bits per heavy atom. The number of alkyl halides is 3. The van der Waals surface area contributed by atoms with Crippen LogP contribution in [0.15, 0.2) is 48.5 Å². The highest BCUT2D eigenvalue weighted by Crippen LogP contribution is 2.29. The number of rotatable bonds is 8. The highest BCUT2D eigenvalue weighted by molar-refractivity contribution is 7.89. The van der Waals surface area contributed by atoms with Crippen LogP contribution in [0.1, 0.15) is 22.8 Å². The Balaban J connectivity index is 1.87. The van der Waals surface area contributed by atoms with Crippen LogP contribution in [0.5, 0.6) is 5.75 Å². The summed E-state index contributed by atoms with van der Waals surface area (Å²) in [6.45, 7) is -0.323. The standard InChI is InChI=1S/C18H20F3NO4S/c1-26-16-8-2-13(3-9-16)10-11-27(24,25)22-12-17(23)14-4-6-15(7-5-14)18(19,20)21/h2-9,17,22-23H,10-12H2,1H3/t17-/m1/s1. The smallest absolute Gasteiger partial charge is 0.416 e. The van der Waals surface area contributed by atoms with E-state index in [1.54, 1.807) is 24.3 Å². The molecule has 0 heterocycles. The van der Waals surface area contributed by atoms with Crippen LogP contribution < -0.4 is 9.46 Å². The minimum absolute atomic E-state index is 0.181. The van der Waals surface area contributed by atoms with Crippen molar-refractivity contribution in [2.24, 2.45) is 0 Å². The summed E-state index contributed by atoms with van der Waals surface area (Å²) in [6.07, 6.45) is -5.44. The van der Waals surface area contributed by atoms with E-state index in [4.69, 9.17) is 4.74 Å². The van der Waals surface area contributed by atoms with Gasteiger partial charge in [0.25, 0.3) is 0 Å². The fourth-order valence-electron chi connectivity index (χ4n) is 2.33. The van der Waals surface area contributed by atoms with Crippen LogP contribution >= 0.6 is 0 Å². The second kappa shape index (κ2) is 8.73. The van der Waals surface area contributed by atoms with Crippen molar-refractivity contribution >= 4 is 10.0 Å². The first kappa shape index (κ1) is 21.2. The number of aliphatic hydroxyl groups is 1. The zero-order valence-corrected chi connectivity index (χ0v) is 15.3. The molecule has 2 aromatic rings. The van der Waals surface area contributed by atoms with Gasteiger partial charge in [-0.1, -0.05) is 24.3 Å². The Labute approximate surface area is 155 Å². The van der Waals surface area contributed by atoms with E-state index in [1.807, 2.05) is 0 Å². The van der Waals surface area contributed by atoms with Crippen molar-refractivity contribution in [3.05, 3.63) is 65.2 Å². The lowest BCUT2D eigenvalue weighted by molar-refractivity contribution is -0.137. The van der Waals surface area contributed by atoms with Gasteiger partial charge in [0.2, 0.25) is 10.0 Å². The second-order valence-corrected chi connectivity index (χ2v) is 7.83. The van der Waals surface area contributed by atoms with Gasteiger partial charge in [-0.25, -0.2) is 13.1 Å². The maximum Gasteiger partial charge on any atom is 0.416 e. The van der Waals surface area contributed by atoms with Crippen LogP contribution in [0.2, 0.25) is 0 Å². The number of ether oxygens (including phenoxy) is 1. The van der Waals surface area contributed by atoms with Gasteiger partial charge in [0.05, 0.1) is 24.5 Å². The molecule has 0 fully saturated rings. The number of sulfonamides is 1. The average Bonchev–Trinajstić information content (AvgIpc) is 2.64. The molecule has 2 rings (SSSR count). The summed E-state index contributed by atoms with van der Waals surface area (Å²) in [7, 11) is -2.12. The van der Waals surface area contributed by atoms with Crippen LogP contribution in [-0.4, -0.2) is 32.9 Å². The van der Waals surface area contributed by atoms with E-state index >= 15 is 0 Å². The van der Waals surface area contributed by atoms with Gasteiger partial charge in [-0.3, -0.25) is 0 Å². The van der Waals surface area contributed by atoms with Crippen LogP contribution in [0.4, 0.5) is 13.2 Å². The summed E-state index contributed by atoms with van der Waals surface area (Å²) in [4.78, 5) is 0. The summed E-state index contributed by atoms with van der Waals surface area (Å²) in [5.41, 5.74) is 0.170. The fourth-order valence-corrected chi connectivity index (χ4v) is 3.40. The molecular weight excluding hydrogens is 383 g/mol. The molecule has 0 amide bonds. The second-order valence-electron chi connectivity index (χ2n) is 5.90. The Morgan fingerprint density at radius 2 is 1.67 bits per heavy atom. The van der Waals surface area contributed by atoms with Gasteiger partial charge >= 0.3 is 6.18 Å². The number of hydrogen-bond acceptors (Lipinski definition) is 4. The third kappa shape index (κ3) is 6.53. The van der Waals surface area contributed by atoms with Crippen LogP contribution in [0.3, 0.4) is 0 Å². The molecule has 5 nitrogen and oxygen atoms in total. The predicted molar refractivity (Wildman–Crippen MR) is 94.9 cm³/mol. The molecule has 27 heavy (non-hydrogen) atoms. The SMILES string of the molecule is COc1ccc(CCS(=O)(=O)NC[C@@H](O)c2ccc(C(F)(F)F)cc2)cc1. The van der Waals surface area contributed by atoms with E-state index < -0.39 is 27.9 Å². The third-order valence-electron chi connectivity index (χ3n) is 3.94. The summed E-state index contributed by atoms with van der Waals surface area (Å²) in [6, 6.07) is 10.9. The number of halogens is 3. The molecule has 0 unspecified atom stereocenters. The minimum Gasteiger partial charge on any atom is -0.497 e. The molecule has 0 aliphatic heterocycles. The van der Waals surface area contributed by atoms with Gasteiger partial charge in [0, 0.05) is 6.54 Å². The molecule has 0 aromatic heterocycles. The van der Waals surface area contributed by atoms with Crippen molar-refractivity contribution in [3.8, 4) is 5.75 Å². The van der Waals surface area contributed by atoms with E-state index in [0.29, 0.717) is 5.75 Å². The molecule has 2 N–H and O–H groups in total. The summed E-state index contributed by atoms with van der Waals surface area (Å²) >= 11 is 0. The largest absolute Gasteiger partial charge is 0.497 e. The number of methoxy groups -OCH3 is 1. The quantitative estimate of drug-likeness (QED) is 0.711. The highest BCUT2D eigenvalue weighted by Gasteiger charge is 2.30. The minimum atomic E-state index is -4.47. The van der Waals surface area contributed by atoms with Gasteiger partial charge < -0.3 is 9.84 Å². The Kier molecular flexibility index (Phi) is 6.85. The van der Waals surface area contributed by atoms with Crippen molar-refractivity contribution in [1.29, 1.82) is 0 Å². The van der Waals surface area contributed by atoms with E-state index in [2.05, 4.69) is 4.72 Å². The van der Waals surface area contributed by atoms with E-state index in [-0.39, 0.29) is 24.3 Å². The molecule has 0 radical (unpaired) electrons. The lowest BCUT2D eigenvalue weighted by Crippen LogP contribution is -2.31. The average molecular weight is 403 g/mol. The fraction of sp³-hybridized carbons (Fsp3) is 0.333. The Bertz CT molecular complexity index is 834. The van der Waals surface area contributed by atoms with Gasteiger partial charge in [-0.2, -0.15) is 13.2 Å². The van der Waals surface area contributed by atoms with Crippen LogP contribution in [-0.2, 0) is 22.6 Å². The number of aliphatic hydroxyl groups excluding tert-OH is 1. The first-order valence-corrected chi connectivity index (χ1v) is 9.71. The Hall–Kier alpha value is -2.10. The molecule has 0 saturated heterocycles.